The summed E-state index contributed by atoms with van der Waals surface area (Å²) >= 11 is 6.07. The third-order valence-electron chi connectivity index (χ3n) is 13.5. The molecule has 2 aromatic carbocycles. The molecule has 1 saturated carbocycles. The number of carbonyl (C=O) groups excluding carboxylic acids is 1. The van der Waals surface area contributed by atoms with E-state index >= 15 is 4.39 Å². The predicted octanol–water partition coefficient (Wildman–Crippen LogP) is 14.3. The third kappa shape index (κ3) is 23.8. The van der Waals surface area contributed by atoms with Crippen LogP contribution in [0, 0.1) is 17.6 Å². The number of amides is 1. The number of hydrogen-bond donors (Lipinski definition) is 1. The molecular formula is C55H91ClF2N2O7S. The number of rotatable bonds is 41. The van der Waals surface area contributed by atoms with Gasteiger partial charge < -0.3 is 29.2 Å². The Hall–Kier alpha value is -2.19. The summed E-state index contributed by atoms with van der Waals surface area (Å²) in [5.41, 5.74) is -0.146. The van der Waals surface area contributed by atoms with Crippen LogP contribution in [0.5, 0.6) is 0 Å². The van der Waals surface area contributed by atoms with Crippen molar-refractivity contribution in [3.63, 3.8) is 0 Å². The molecule has 0 saturated heterocycles. The minimum Gasteiger partial charge on any atom is -0.356 e. The number of carbonyl (C=O) groups is 1. The molecule has 2 aromatic rings. The molecule has 4 atom stereocenters. The maximum atomic E-state index is 15.4. The van der Waals surface area contributed by atoms with Crippen molar-refractivity contribution >= 4 is 27.3 Å². The Labute approximate surface area is 416 Å². The molecule has 0 aromatic heterocycles. The van der Waals surface area contributed by atoms with Crippen LogP contribution >= 0.6 is 11.6 Å². The first-order chi connectivity index (χ1) is 32.9. The number of nitrogens with one attached hydrogen (secondary N) is 1. The molecule has 3 rings (SSSR count). The van der Waals surface area contributed by atoms with Gasteiger partial charge >= 0.3 is 0 Å². The van der Waals surface area contributed by atoms with Crippen LogP contribution in [0.1, 0.15) is 200 Å². The van der Waals surface area contributed by atoms with E-state index in [-0.39, 0.29) is 54.1 Å². The van der Waals surface area contributed by atoms with E-state index in [1.54, 1.807) is 0 Å². The summed E-state index contributed by atoms with van der Waals surface area (Å²) in [6.07, 6.45) is 24.9. The molecule has 1 aliphatic carbocycles. The van der Waals surface area contributed by atoms with Gasteiger partial charge in [-0.2, -0.15) is 0 Å². The summed E-state index contributed by atoms with van der Waals surface area (Å²) in [5.74, 6) is -1.65. The van der Waals surface area contributed by atoms with Crippen molar-refractivity contribution in [1.29, 1.82) is 0 Å². The van der Waals surface area contributed by atoms with Gasteiger partial charge in [0.25, 0.3) is 0 Å². The molecule has 13 heteroatoms. The molecule has 9 nitrogen and oxygen atoms in total. The van der Waals surface area contributed by atoms with Crippen LogP contribution in [0.25, 0.3) is 0 Å². The van der Waals surface area contributed by atoms with Crippen LogP contribution in [0.4, 0.5) is 8.78 Å². The zero-order valence-electron chi connectivity index (χ0n) is 42.7. The maximum absolute atomic E-state index is 15.4. The van der Waals surface area contributed by atoms with E-state index in [1.165, 1.54) is 88.5 Å². The van der Waals surface area contributed by atoms with Gasteiger partial charge in [-0.3, -0.25) is 4.79 Å². The van der Waals surface area contributed by atoms with Crippen molar-refractivity contribution in [1.82, 2.24) is 10.2 Å². The topological polar surface area (TPSA) is 103 Å². The summed E-state index contributed by atoms with van der Waals surface area (Å²) in [6.45, 7) is 15.4. The number of halogens is 3. The number of ether oxygens (including phenoxy) is 4. The minimum absolute atomic E-state index is 0.0192. The lowest BCUT2D eigenvalue weighted by Gasteiger charge is -2.41. The van der Waals surface area contributed by atoms with Crippen LogP contribution in [0.15, 0.2) is 47.4 Å². The van der Waals surface area contributed by atoms with Crippen molar-refractivity contribution in [2.24, 2.45) is 5.92 Å². The van der Waals surface area contributed by atoms with E-state index in [0.717, 1.165) is 128 Å². The fraction of sp³-hybridized carbons (Fsp3) is 0.764. The first-order valence-corrected chi connectivity index (χ1v) is 28.7. The zero-order chi connectivity index (χ0) is 49.3. The van der Waals surface area contributed by atoms with Crippen LogP contribution in [-0.2, 0) is 38.3 Å². The van der Waals surface area contributed by atoms with Gasteiger partial charge in [0.15, 0.2) is 22.4 Å². The summed E-state index contributed by atoms with van der Waals surface area (Å²) in [6, 6.07) is 8.87. The zero-order valence-corrected chi connectivity index (χ0v) is 44.2. The quantitative estimate of drug-likeness (QED) is 0.0519. The van der Waals surface area contributed by atoms with Gasteiger partial charge in [-0.05, 0) is 152 Å². The molecule has 0 aliphatic heterocycles. The average molecular weight is 998 g/mol. The first kappa shape index (κ1) is 60.1. The first-order valence-electron chi connectivity index (χ1n) is 26.8. The Kier molecular flexibility index (Phi) is 31.7. The Bertz CT molecular complexity index is 1690. The average Bonchev–Trinajstić information content (AvgIpc) is 3.32. The van der Waals surface area contributed by atoms with Crippen LogP contribution in [-0.4, -0.2) is 84.4 Å². The third-order valence-corrected chi connectivity index (χ3v) is 16.3. The molecule has 390 valence electrons. The molecule has 68 heavy (non-hydrogen) atoms. The number of nitrogens with zero attached hydrogens (tertiary/aromatic N) is 1. The second-order valence-electron chi connectivity index (χ2n) is 19.3. The van der Waals surface area contributed by atoms with E-state index in [2.05, 4.69) is 24.1 Å². The molecule has 1 fully saturated rings. The summed E-state index contributed by atoms with van der Waals surface area (Å²) in [5, 5.41) is 3.45. The number of sulfone groups is 1. The Morgan fingerprint density at radius 2 is 1.19 bits per heavy atom. The van der Waals surface area contributed by atoms with Crippen molar-refractivity contribution in [3.8, 4) is 0 Å². The monoisotopic (exact) mass is 997 g/mol. The maximum Gasteiger partial charge on any atom is 0.220 e. The van der Waals surface area contributed by atoms with Crippen molar-refractivity contribution < 1.29 is 40.9 Å². The highest BCUT2D eigenvalue weighted by Gasteiger charge is 2.50. The van der Waals surface area contributed by atoms with E-state index < -0.39 is 26.2 Å². The Morgan fingerprint density at radius 1 is 0.706 bits per heavy atom. The van der Waals surface area contributed by atoms with Gasteiger partial charge in [0.2, 0.25) is 5.91 Å². The lowest BCUT2D eigenvalue weighted by Crippen LogP contribution is -2.42. The molecule has 2 unspecified atom stereocenters. The fourth-order valence-electron chi connectivity index (χ4n) is 9.45. The predicted molar refractivity (Wildman–Crippen MR) is 274 cm³/mol. The van der Waals surface area contributed by atoms with Gasteiger partial charge in [-0.15, -0.1) is 0 Å². The number of benzene rings is 2. The molecule has 1 amide bonds. The smallest absolute Gasteiger partial charge is 0.220 e. The molecule has 0 radical (unpaired) electrons. The van der Waals surface area contributed by atoms with E-state index in [9.17, 15) is 17.6 Å². The van der Waals surface area contributed by atoms with E-state index in [4.69, 9.17) is 30.5 Å². The second kappa shape index (κ2) is 35.8. The van der Waals surface area contributed by atoms with Gasteiger partial charge in [0.05, 0.1) is 4.90 Å². The van der Waals surface area contributed by atoms with Crippen molar-refractivity contribution in [2.75, 3.05) is 52.6 Å². The highest BCUT2D eigenvalue weighted by molar-refractivity contribution is 7.92. The summed E-state index contributed by atoms with van der Waals surface area (Å²) in [4.78, 5) is 15.7. The van der Waals surface area contributed by atoms with Crippen molar-refractivity contribution in [3.05, 3.63) is 64.7 Å². The van der Waals surface area contributed by atoms with E-state index in [0.29, 0.717) is 30.8 Å². The molecule has 0 spiro atoms. The van der Waals surface area contributed by atoms with Crippen molar-refractivity contribution in [2.45, 2.75) is 217 Å². The lowest BCUT2D eigenvalue weighted by atomic mass is 9.75. The molecular weight excluding hydrogens is 906 g/mol. The standard InChI is InChI=1S/C55H91ClF2N2O7S/c1-5-7-9-21-40-64-46(3)66-42-23-15-13-19-38-60(39-20-14-16-24-43-67-47(4)65-41-22-10-8-6-2)37-18-12-11-17-36-59-54(61)34-27-48-26-25-35-55(45-48,52-44-50(57)30-33-53(52)58)68(62,63)51-31-28-49(56)29-32-51/h28-33,44,46-48H,5-27,34-43,45H2,1-4H3,(H,59,61)/t46?,47?,48-,55+/m1/s1. The summed E-state index contributed by atoms with van der Waals surface area (Å²) in [7, 11) is -4.15. The van der Waals surface area contributed by atoms with Gasteiger partial charge in [0.1, 0.15) is 16.4 Å². The van der Waals surface area contributed by atoms with Crippen LogP contribution in [0.3, 0.4) is 0 Å². The fourth-order valence-corrected chi connectivity index (χ4v) is 11.8. The largest absolute Gasteiger partial charge is 0.356 e. The normalized spacial score (nSPS) is 17.4. The van der Waals surface area contributed by atoms with E-state index in [1.807, 2.05) is 13.8 Å². The molecule has 0 heterocycles. The number of hydrogen-bond acceptors (Lipinski definition) is 8. The van der Waals surface area contributed by atoms with Crippen LogP contribution < -0.4 is 5.32 Å². The Morgan fingerprint density at radius 3 is 1.71 bits per heavy atom. The molecule has 0 bridgehead atoms. The minimum atomic E-state index is -4.15. The van der Waals surface area contributed by atoms with Crippen LogP contribution in [0.2, 0.25) is 5.02 Å². The van der Waals surface area contributed by atoms with Gasteiger partial charge in [-0.25, -0.2) is 17.2 Å². The molecule has 1 N–H and O–H groups in total. The SMILES string of the molecule is CCCCCCOC(C)OCCCCCCN(CCCCCCNC(=O)CC[C@H]1CCC[C@](c2cc(F)ccc2F)(S(=O)(=O)c2ccc(Cl)cc2)C1)CCCCCCOC(C)OCCCCCC. The van der Waals surface area contributed by atoms with Gasteiger partial charge in [-0.1, -0.05) is 115 Å². The highest BCUT2D eigenvalue weighted by atomic mass is 35.5. The summed E-state index contributed by atoms with van der Waals surface area (Å²) < 4.78 is 80.4. The lowest BCUT2D eigenvalue weighted by molar-refractivity contribution is -0.132. The Balaban J connectivity index is 1.37. The molecule has 1 aliphatic rings. The second-order valence-corrected chi connectivity index (χ2v) is 21.9. The highest BCUT2D eigenvalue weighted by Crippen LogP contribution is 2.50. The van der Waals surface area contributed by atoms with Gasteiger partial charge in [0, 0.05) is 50.0 Å². The number of unbranched alkanes of at least 4 members (excludes halogenated alkanes) is 15.